The largest absolute Gasteiger partial charge is 0.396 e. The van der Waals surface area contributed by atoms with E-state index in [1.165, 1.54) is 18.2 Å². The van der Waals surface area contributed by atoms with Gasteiger partial charge in [-0.15, -0.1) is 0 Å². The summed E-state index contributed by atoms with van der Waals surface area (Å²) in [6.45, 7) is 1.58. The number of methoxy groups -OCH3 is 1. The van der Waals surface area contributed by atoms with Crippen molar-refractivity contribution in [2.45, 2.75) is 19.3 Å². The van der Waals surface area contributed by atoms with Crippen LogP contribution in [0.15, 0.2) is 18.2 Å². The molecule has 1 atom stereocenters. The Kier molecular flexibility index (Phi) is 5.78. The lowest BCUT2D eigenvalue weighted by Gasteiger charge is -2.41. The molecule has 0 saturated carbocycles. The topological polar surface area (TPSA) is 49.8 Å². The van der Waals surface area contributed by atoms with E-state index in [2.05, 4.69) is 0 Å². The molecule has 4 nitrogen and oxygen atoms in total. The second-order valence-corrected chi connectivity index (χ2v) is 6.33. The van der Waals surface area contributed by atoms with Crippen molar-refractivity contribution in [2.24, 2.45) is 5.41 Å². The molecule has 2 rings (SSSR count). The molecule has 1 heterocycles. The molecule has 0 radical (unpaired) electrons. The molecular formula is C16H21ClFNO3. The normalized spacial score (nSPS) is 21.9. The number of halogens is 2. The van der Waals surface area contributed by atoms with Gasteiger partial charge in [0.1, 0.15) is 5.82 Å². The molecule has 1 fully saturated rings. The number of amides is 1. The monoisotopic (exact) mass is 329 g/mol. The molecule has 1 N–H and O–H groups in total. The summed E-state index contributed by atoms with van der Waals surface area (Å²) in [5.74, 6) is -0.781. The fourth-order valence-corrected chi connectivity index (χ4v) is 3.19. The average Bonchev–Trinajstić information content (AvgIpc) is 2.51. The van der Waals surface area contributed by atoms with Crippen molar-refractivity contribution < 1.29 is 19.0 Å². The molecule has 1 amide bonds. The number of hydrogen-bond donors (Lipinski definition) is 1. The summed E-state index contributed by atoms with van der Waals surface area (Å²) in [6.07, 6.45) is 2.34. The summed E-state index contributed by atoms with van der Waals surface area (Å²) in [5, 5.41) is 9.95. The van der Waals surface area contributed by atoms with Crippen molar-refractivity contribution in [1.29, 1.82) is 0 Å². The zero-order valence-corrected chi connectivity index (χ0v) is 13.4. The Morgan fingerprint density at radius 3 is 2.91 bits per heavy atom. The Morgan fingerprint density at radius 2 is 2.27 bits per heavy atom. The minimum atomic E-state index is -0.527. The van der Waals surface area contributed by atoms with Gasteiger partial charge in [-0.05, 0) is 37.5 Å². The number of benzene rings is 1. The number of carbonyl (C=O) groups is 1. The molecule has 0 bridgehead atoms. The van der Waals surface area contributed by atoms with Crippen LogP contribution in [-0.2, 0) is 4.74 Å². The van der Waals surface area contributed by atoms with Gasteiger partial charge in [-0.1, -0.05) is 11.6 Å². The van der Waals surface area contributed by atoms with E-state index < -0.39 is 5.82 Å². The van der Waals surface area contributed by atoms with Crippen LogP contribution in [0.5, 0.6) is 0 Å². The highest BCUT2D eigenvalue weighted by atomic mass is 35.5. The number of hydrogen-bond acceptors (Lipinski definition) is 3. The first-order valence-corrected chi connectivity index (χ1v) is 7.73. The van der Waals surface area contributed by atoms with Crippen molar-refractivity contribution in [1.82, 2.24) is 4.90 Å². The van der Waals surface area contributed by atoms with Crippen LogP contribution in [0.25, 0.3) is 0 Å². The van der Waals surface area contributed by atoms with Gasteiger partial charge < -0.3 is 14.7 Å². The number of nitrogens with zero attached hydrogens (tertiary/aromatic N) is 1. The predicted molar refractivity (Wildman–Crippen MR) is 82.6 cm³/mol. The van der Waals surface area contributed by atoms with Crippen LogP contribution >= 0.6 is 11.6 Å². The molecule has 0 spiro atoms. The second-order valence-electron chi connectivity index (χ2n) is 5.89. The molecular weight excluding hydrogens is 309 g/mol. The second kappa shape index (κ2) is 7.40. The van der Waals surface area contributed by atoms with Crippen LogP contribution in [-0.4, -0.2) is 49.3 Å². The summed E-state index contributed by atoms with van der Waals surface area (Å²) < 4.78 is 18.5. The highest BCUT2D eigenvalue weighted by Gasteiger charge is 2.36. The first-order chi connectivity index (χ1) is 10.5. The standard InChI is InChI=1S/C16H21ClFNO3/c1-22-6-4-16(11-20)3-2-5-19(10-16)15(21)12-7-13(17)9-14(18)8-12/h7-9,20H,2-6,10-11H2,1H3/t16-/m0/s1. The third-order valence-electron chi connectivity index (χ3n) is 4.23. The highest BCUT2D eigenvalue weighted by molar-refractivity contribution is 6.31. The molecule has 122 valence electrons. The van der Waals surface area contributed by atoms with Gasteiger partial charge >= 0.3 is 0 Å². The summed E-state index contributed by atoms with van der Waals surface area (Å²) in [7, 11) is 1.62. The van der Waals surface area contributed by atoms with Crippen molar-refractivity contribution >= 4 is 17.5 Å². The summed E-state index contributed by atoms with van der Waals surface area (Å²) in [6, 6.07) is 3.83. The smallest absolute Gasteiger partial charge is 0.254 e. The van der Waals surface area contributed by atoms with E-state index in [1.54, 1.807) is 12.0 Å². The van der Waals surface area contributed by atoms with Gasteiger partial charge in [-0.3, -0.25) is 4.79 Å². The third-order valence-corrected chi connectivity index (χ3v) is 4.45. The van der Waals surface area contributed by atoms with Crippen LogP contribution < -0.4 is 0 Å². The number of ether oxygens (including phenoxy) is 1. The number of rotatable bonds is 5. The SMILES string of the molecule is COCC[C@@]1(CO)CCCN(C(=O)c2cc(F)cc(Cl)c2)C1. The molecule has 6 heteroatoms. The molecule has 22 heavy (non-hydrogen) atoms. The summed E-state index contributed by atoms with van der Waals surface area (Å²) in [4.78, 5) is 14.2. The van der Waals surface area contributed by atoms with Gasteiger partial charge in [-0.25, -0.2) is 4.39 Å². The highest BCUT2D eigenvalue weighted by Crippen LogP contribution is 2.34. The third kappa shape index (κ3) is 3.97. The van der Waals surface area contributed by atoms with Gasteiger partial charge in [0.25, 0.3) is 5.91 Å². The van der Waals surface area contributed by atoms with E-state index in [9.17, 15) is 14.3 Å². The number of carbonyl (C=O) groups excluding carboxylic acids is 1. The molecule has 1 saturated heterocycles. The molecule has 0 unspecified atom stereocenters. The van der Waals surface area contributed by atoms with Crippen molar-refractivity contribution in [3.8, 4) is 0 Å². The number of piperidine rings is 1. The van der Waals surface area contributed by atoms with E-state index in [-0.39, 0.29) is 28.5 Å². The average molecular weight is 330 g/mol. The van der Waals surface area contributed by atoms with Gasteiger partial charge in [0, 0.05) is 42.8 Å². The minimum Gasteiger partial charge on any atom is -0.396 e. The predicted octanol–water partition coefficient (Wildman–Crippen LogP) is 2.73. The summed E-state index contributed by atoms with van der Waals surface area (Å²) in [5.41, 5.74) is -0.105. The molecule has 1 aliphatic heterocycles. The fourth-order valence-electron chi connectivity index (χ4n) is 2.97. The van der Waals surface area contributed by atoms with Crippen LogP contribution in [0.3, 0.4) is 0 Å². The molecule has 1 aromatic carbocycles. The zero-order valence-electron chi connectivity index (χ0n) is 12.6. The van der Waals surface area contributed by atoms with E-state index in [1.807, 2.05) is 0 Å². The lowest BCUT2D eigenvalue weighted by Crippen LogP contribution is -2.48. The van der Waals surface area contributed by atoms with Crippen LogP contribution in [0.2, 0.25) is 5.02 Å². The Hall–Kier alpha value is -1.17. The first-order valence-electron chi connectivity index (χ1n) is 7.35. The lowest BCUT2D eigenvalue weighted by atomic mass is 9.78. The maximum Gasteiger partial charge on any atom is 0.254 e. The van der Waals surface area contributed by atoms with Gasteiger partial charge in [0.05, 0.1) is 6.61 Å². The number of aliphatic hydroxyl groups is 1. The van der Waals surface area contributed by atoms with Crippen molar-refractivity contribution in [3.63, 3.8) is 0 Å². The fraction of sp³-hybridized carbons (Fsp3) is 0.562. The van der Waals surface area contributed by atoms with E-state index in [0.29, 0.717) is 26.1 Å². The Labute approximate surface area is 134 Å². The van der Waals surface area contributed by atoms with Crippen LogP contribution in [0, 0.1) is 11.2 Å². The molecule has 1 aromatic rings. The van der Waals surface area contributed by atoms with E-state index >= 15 is 0 Å². The van der Waals surface area contributed by atoms with Gasteiger partial charge in [0.2, 0.25) is 0 Å². The zero-order chi connectivity index (χ0) is 16.2. The number of aliphatic hydroxyl groups excluding tert-OH is 1. The van der Waals surface area contributed by atoms with Crippen LogP contribution in [0.1, 0.15) is 29.6 Å². The van der Waals surface area contributed by atoms with Gasteiger partial charge in [0.15, 0.2) is 0 Å². The maximum absolute atomic E-state index is 13.4. The molecule has 0 aliphatic carbocycles. The van der Waals surface area contributed by atoms with E-state index in [4.69, 9.17) is 16.3 Å². The summed E-state index contributed by atoms with van der Waals surface area (Å²) >= 11 is 5.82. The number of likely N-dealkylation sites (tertiary alicyclic amines) is 1. The quantitative estimate of drug-likeness (QED) is 0.903. The van der Waals surface area contributed by atoms with Crippen molar-refractivity contribution in [3.05, 3.63) is 34.6 Å². The first kappa shape index (κ1) is 17.2. The Balaban J connectivity index is 2.15. The Morgan fingerprint density at radius 1 is 1.50 bits per heavy atom. The molecule has 1 aliphatic rings. The maximum atomic E-state index is 13.4. The van der Waals surface area contributed by atoms with Crippen LogP contribution in [0.4, 0.5) is 4.39 Å². The Bertz CT molecular complexity index is 520. The lowest BCUT2D eigenvalue weighted by molar-refractivity contribution is 0.00897. The van der Waals surface area contributed by atoms with E-state index in [0.717, 1.165) is 12.8 Å². The van der Waals surface area contributed by atoms with Gasteiger partial charge in [-0.2, -0.15) is 0 Å². The minimum absolute atomic E-state index is 0.00401. The molecule has 0 aromatic heterocycles. The van der Waals surface area contributed by atoms with Crippen molar-refractivity contribution in [2.75, 3.05) is 33.4 Å².